The maximum absolute atomic E-state index is 13.3. The summed E-state index contributed by atoms with van der Waals surface area (Å²) >= 11 is 9.25. The fraction of sp³-hybridized carbons (Fsp3) is 0.273. The number of aromatic nitrogens is 2. The van der Waals surface area contributed by atoms with Crippen molar-refractivity contribution in [1.82, 2.24) is 10.1 Å². The number of thioether (sulfide) groups is 1. The van der Waals surface area contributed by atoms with Gasteiger partial charge < -0.3 is 9.26 Å². The van der Waals surface area contributed by atoms with Gasteiger partial charge in [0.15, 0.2) is 11.0 Å². The number of carbonyl (C=O) groups excluding carboxylic acids is 1. The Morgan fingerprint density at radius 1 is 1.38 bits per heavy atom. The van der Waals surface area contributed by atoms with Crippen LogP contribution >= 0.6 is 34.7 Å². The van der Waals surface area contributed by atoms with E-state index in [4.69, 9.17) is 20.9 Å². The van der Waals surface area contributed by atoms with Crippen LogP contribution in [0.4, 0.5) is 5.69 Å². The molecule has 0 radical (unpaired) electrons. The summed E-state index contributed by atoms with van der Waals surface area (Å²) in [4.78, 5) is 24.9. The molecule has 3 aromatic rings. The Labute approximate surface area is 199 Å². The van der Waals surface area contributed by atoms with Gasteiger partial charge in [-0.25, -0.2) is 4.99 Å². The van der Waals surface area contributed by atoms with Crippen LogP contribution in [0.1, 0.15) is 42.1 Å². The summed E-state index contributed by atoms with van der Waals surface area (Å²) < 4.78 is 10.7. The number of nitrogens with zero attached hydrogens (tertiary/aromatic N) is 4. The molecule has 0 saturated heterocycles. The van der Waals surface area contributed by atoms with E-state index in [1.165, 1.54) is 11.8 Å². The molecule has 1 amide bonds. The van der Waals surface area contributed by atoms with Gasteiger partial charge in [-0.1, -0.05) is 41.5 Å². The molecule has 4 rings (SSSR count). The van der Waals surface area contributed by atoms with Crippen molar-refractivity contribution in [3.63, 3.8) is 0 Å². The maximum atomic E-state index is 13.3. The van der Waals surface area contributed by atoms with Gasteiger partial charge in [-0.05, 0) is 49.1 Å². The zero-order valence-electron chi connectivity index (χ0n) is 17.7. The normalized spacial score (nSPS) is 16.0. The number of ether oxygens (including phenoxy) is 1. The summed E-state index contributed by atoms with van der Waals surface area (Å²) in [6, 6.07) is 9.08. The number of thiophene rings is 1. The lowest BCUT2D eigenvalue weighted by Gasteiger charge is -2.19. The maximum Gasteiger partial charge on any atom is 0.283 e. The summed E-state index contributed by atoms with van der Waals surface area (Å²) in [6.07, 6.45) is 3.48. The number of hydrogen-bond donors (Lipinski definition) is 0. The van der Waals surface area contributed by atoms with Crippen molar-refractivity contribution in [1.29, 1.82) is 0 Å². The van der Waals surface area contributed by atoms with E-state index in [1.54, 1.807) is 47.6 Å². The molecular weight excluding hydrogens is 468 g/mol. The Kier molecular flexibility index (Phi) is 6.98. The van der Waals surface area contributed by atoms with E-state index >= 15 is 0 Å². The summed E-state index contributed by atoms with van der Waals surface area (Å²) in [5, 5.41) is 6.71. The van der Waals surface area contributed by atoms with E-state index in [0.29, 0.717) is 39.0 Å². The van der Waals surface area contributed by atoms with E-state index in [0.717, 1.165) is 17.7 Å². The summed E-state index contributed by atoms with van der Waals surface area (Å²) in [5.41, 5.74) is 0.956. The lowest BCUT2D eigenvalue weighted by Crippen LogP contribution is -2.30. The number of carbonyl (C=O) groups is 1. The predicted octanol–water partition coefficient (Wildman–Crippen LogP) is 5.98. The number of anilines is 1. The molecule has 0 aliphatic carbocycles. The molecule has 0 fully saturated rings. The third kappa shape index (κ3) is 4.74. The van der Waals surface area contributed by atoms with Crippen molar-refractivity contribution in [3.8, 4) is 5.75 Å². The lowest BCUT2D eigenvalue weighted by molar-refractivity contribution is -0.113. The molecule has 0 bridgehead atoms. The fourth-order valence-corrected chi connectivity index (χ4v) is 4.93. The van der Waals surface area contributed by atoms with Gasteiger partial charge >= 0.3 is 0 Å². The van der Waals surface area contributed by atoms with Crippen LogP contribution in [0, 0.1) is 0 Å². The monoisotopic (exact) mass is 488 g/mol. The molecule has 1 aliphatic rings. The number of methoxy groups -OCH3 is 1. The molecule has 10 heteroatoms. The Morgan fingerprint density at radius 3 is 2.91 bits per heavy atom. The number of amides is 1. The minimum absolute atomic E-state index is 0.197. The molecule has 1 unspecified atom stereocenters. The average molecular weight is 489 g/mol. The highest BCUT2D eigenvalue weighted by molar-refractivity contribution is 8.14. The molecule has 3 heterocycles. The van der Waals surface area contributed by atoms with Crippen molar-refractivity contribution in [2.45, 2.75) is 31.9 Å². The van der Waals surface area contributed by atoms with Crippen LogP contribution < -0.4 is 9.64 Å². The smallest absolute Gasteiger partial charge is 0.283 e. The van der Waals surface area contributed by atoms with Crippen molar-refractivity contribution in [3.05, 3.63) is 63.0 Å². The molecule has 0 spiro atoms. The fourth-order valence-electron chi connectivity index (χ4n) is 3.07. The van der Waals surface area contributed by atoms with Crippen molar-refractivity contribution < 1.29 is 14.1 Å². The number of halogens is 1. The number of benzene rings is 1. The highest BCUT2D eigenvalue weighted by Gasteiger charge is 2.34. The minimum Gasteiger partial charge on any atom is -0.495 e. The van der Waals surface area contributed by atoms with Crippen molar-refractivity contribution in [2.75, 3.05) is 12.0 Å². The molecule has 1 aromatic carbocycles. The van der Waals surface area contributed by atoms with Crippen LogP contribution in [0.15, 0.2) is 50.9 Å². The standard InChI is InChI=1S/C22H21ClN4O3S2/c1-4-6-19-25-20(30-26-19)13(2)32-22-24-17(12-15-7-5-10-31-15)21(28)27(22)14-8-9-18(29-3)16(23)11-14/h5,7-13H,4,6H2,1-3H3/b17-12-. The van der Waals surface area contributed by atoms with Gasteiger partial charge in [0.25, 0.3) is 5.91 Å². The number of hydrogen-bond acceptors (Lipinski definition) is 8. The topological polar surface area (TPSA) is 80.8 Å². The number of aliphatic imine (C=N–C) groups is 1. The van der Waals surface area contributed by atoms with E-state index in [1.807, 2.05) is 24.4 Å². The molecule has 1 aliphatic heterocycles. The zero-order chi connectivity index (χ0) is 22.7. The van der Waals surface area contributed by atoms with Gasteiger partial charge in [-0.2, -0.15) is 4.98 Å². The van der Waals surface area contributed by atoms with Crippen LogP contribution in [0.5, 0.6) is 5.75 Å². The predicted molar refractivity (Wildman–Crippen MR) is 130 cm³/mol. The van der Waals surface area contributed by atoms with E-state index in [9.17, 15) is 4.79 Å². The molecule has 0 N–H and O–H groups in total. The molecule has 7 nitrogen and oxygen atoms in total. The molecule has 0 saturated carbocycles. The lowest BCUT2D eigenvalue weighted by atomic mass is 10.2. The number of aryl methyl sites for hydroxylation is 1. The largest absolute Gasteiger partial charge is 0.495 e. The van der Waals surface area contributed by atoms with Gasteiger partial charge in [0.1, 0.15) is 11.4 Å². The second-order valence-electron chi connectivity index (χ2n) is 6.96. The second kappa shape index (κ2) is 9.89. The number of amidine groups is 1. The van der Waals surface area contributed by atoms with Crippen molar-refractivity contribution in [2.24, 2.45) is 4.99 Å². The van der Waals surface area contributed by atoms with Crippen LogP contribution in [0.2, 0.25) is 5.02 Å². The van der Waals surface area contributed by atoms with Gasteiger partial charge in [0.2, 0.25) is 5.89 Å². The number of rotatable bonds is 7. The minimum atomic E-state index is -0.230. The van der Waals surface area contributed by atoms with E-state index in [-0.39, 0.29) is 11.2 Å². The van der Waals surface area contributed by atoms with Gasteiger partial charge in [0, 0.05) is 11.3 Å². The molecule has 32 heavy (non-hydrogen) atoms. The average Bonchev–Trinajstić information content (AvgIpc) is 3.51. The molecule has 166 valence electrons. The zero-order valence-corrected chi connectivity index (χ0v) is 20.1. The van der Waals surface area contributed by atoms with Gasteiger partial charge in [-0.3, -0.25) is 9.69 Å². The quantitative estimate of drug-likeness (QED) is 0.380. The van der Waals surface area contributed by atoms with Crippen LogP contribution in [-0.2, 0) is 11.2 Å². The van der Waals surface area contributed by atoms with E-state index < -0.39 is 0 Å². The first-order chi connectivity index (χ1) is 15.5. The molecular formula is C22H21ClN4O3S2. The summed E-state index contributed by atoms with van der Waals surface area (Å²) in [7, 11) is 1.55. The third-order valence-electron chi connectivity index (χ3n) is 4.63. The SMILES string of the molecule is CCCc1noc(C(C)SC2=N/C(=C\c3cccs3)C(=O)N2c2ccc(OC)c(Cl)c2)n1. The Hall–Kier alpha value is -2.62. The molecule has 2 aromatic heterocycles. The van der Waals surface area contributed by atoms with Gasteiger partial charge in [-0.15, -0.1) is 11.3 Å². The Bertz CT molecular complexity index is 1170. The highest BCUT2D eigenvalue weighted by atomic mass is 35.5. The first-order valence-electron chi connectivity index (χ1n) is 10.0. The first kappa shape index (κ1) is 22.6. The van der Waals surface area contributed by atoms with Crippen LogP contribution in [0.25, 0.3) is 6.08 Å². The molecule has 1 atom stereocenters. The second-order valence-corrected chi connectivity index (χ2v) is 9.65. The summed E-state index contributed by atoms with van der Waals surface area (Å²) in [6.45, 7) is 4.01. The summed E-state index contributed by atoms with van der Waals surface area (Å²) in [5.74, 6) is 1.48. The Morgan fingerprint density at radius 2 is 2.22 bits per heavy atom. The Balaban J connectivity index is 1.67. The van der Waals surface area contributed by atoms with Crippen molar-refractivity contribution >= 4 is 57.5 Å². The highest BCUT2D eigenvalue weighted by Crippen LogP contribution is 2.38. The first-order valence-corrected chi connectivity index (χ1v) is 12.1. The van der Waals surface area contributed by atoms with Crippen LogP contribution in [-0.4, -0.2) is 28.3 Å². The third-order valence-corrected chi connectivity index (χ3v) is 6.79. The van der Waals surface area contributed by atoms with Crippen LogP contribution in [0.3, 0.4) is 0 Å². The van der Waals surface area contributed by atoms with Gasteiger partial charge in [0.05, 0.1) is 23.1 Å². The van der Waals surface area contributed by atoms with E-state index in [2.05, 4.69) is 22.1 Å².